The highest BCUT2D eigenvalue weighted by Gasteiger charge is 2.30. The van der Waals surface area contributed by atoms with Gasteiger partial charge in [0.25, 0.3) is 0 Å². The zero-order valence-electron chi connectivity index (χ0n) is 19.0. The standard InChI is InChI=1S/C25H30F4N2O2/c1-3-4-5-21-24(26)22(11-14-30-21)31-15-12-20(16-31)33-19-8-6-18(7-9-19)17(2)23(32)10-13-25(27,28)29/h6-9,11,14,17,20H,3-5,10,12-13,15-16H2,1-2H3. The van der Waals surface area contributed by atoms with Gasteiger partial charge in [-0.3, -0.25) is 9.78 Å². The summed E-state index contributed by atoms with van der Waals surface area (Å²) in [5, 5.41) is 0. The number of hydrogen-bond donors (Lipinski definition) is 0. The van der Waals surface area contributed by atoms with Crippen LogP contribution < -0.4 is 9.64 Å². The van der Waals surface area contributed by atoms with Gasteiger partial charge < -0.3 is 9.64 Å². The highest BCUT2D eigenvalue weighted by atomic mass is 19.4. The van der Waals surface area contributed by atoms with Gasteiger partial charge in [0.2, 0.25) is 0 Å². The van der Waals surface area contributed by atoms with E-state index in [4.69, 9.17) is 4.74 Å². The fraction of sp³-hybridized carbons (Fsp3) is 0.520. The Balaban J connectivity index is 1.56. The number of hydrogen-bond acceptors (Lipinski definition) is 4. The van der Waals surface area contributed by atoms with Gasteiger partial charge in [0.15, 0.2) is 5.82 Å². The maximum atomic E-state index is 14.9. The van der Waals surface area contributed by atoms with Gasteiger partial charge in [0.05, 0.1) is 24.3 Å². The van der Waals surface area contributed by atoms with Crippen molar-refractivity contribution in [3.63, 3.8) is 0 Å². The zero-order valence-corrected chi connectivity index (χ0v) is 19.0. The van der Waals surface area contributed by atoms with E-state index in [-0.39, 0.29) is 11.9 Å². The average molecular weight is 467 g/mol. The molecule has 0 saturated carbocycles. The van der Waals surface area contributed by atoms with Gasteiger partial charge in [0, 0.05) is 31.5 Å². The number of pyridine rings is 1. The summed E-state index contributed by atoms with van der Waals surface area (Å²) in [4.78, 5) is 18.2. The van der Waals surface area contributed by atoms with E-state index >= 15 is 0 Å². The Hall–Kier alpha value is -2.64. The molecule has 1 fully saturated rings. The molecule has 8 heteroatoms. The third-order valence-corrected chi connectivity index (χ3v) is 6.01. The summed E-state index contributed by atoms with van der Waals surface area (Å²) in [6.45, 7) is 4.88. The number of ether oxygens (including phenoxy) is 1. The first-order chi connectivity index (χ1) is 15.7. The summed E-state index contributed by atoms with van der Waals surface area (Å²) in [6.07, 6.45) is -1.21. The Bertz CT molecular complexity index is 931. The van der Waals surface area contributed by atoms with Crippen molar-refractivity contribution in [2.45, 2.75) is 70.6 Å². The second-order valence-corrected chi connectivity index (χ2v) is 8.54. The number of carbonyl (C=O) groups is 1. The molecule has 2 unspecified atom stereocenters. The first kappa shape index (κ1) is 25.0. The average Bonchev–Trinajstić information content (AvgIpc) is 3.24. The van der Waals surface area contributed by atoms with Crippen LogP contribution in [0.25, 0.3) is 0 Å². The number of Topliss-reactive ketones (excluding diaryl/α,β-unsaturated/α-hetero) is 1. The fourth-order valence-electron chi connectivity index (χ4n) is 3.98. The van der Waals surface area contributed by atoms with Gasteiger partial charge in [-0.2, -0.15) is 13.2 Å². The summed E-state index contributed by atoms with van der Waals surface area (Å²) in [7, 11) is 0. The molecule has 1 aliphatic rings. The van der Waals surface area contributed by atoms with Crippen LogP contribution in [0.4, 0.5) is 23.2 Å². The lowest BCUT2D eigenvalue weighted by Gasteiger charge is -2.20. The molecule has 2 atom stereocenters. The van der Waals surface area contributed by atoms with Gasteiger partial charge in [0.1, 0.15) is 17.6 Å². The van der Waals surface area contributed by atoms with Crippen LogP contribution in [0.15, 0.2) is 36.5 Å². The molecule has 2 heterocycles. The quantitative estimate of drug-likeness (QED) is 0.389. The maximum Gasteiger partial charge on any atom is 0.389 e. The SMILES string of the molecule is CCCCc1nccc(N2CCC(Oc3ccc(C(C)C(=O)CCC(F)(F)F)cc3)C2)c1F. The summed E-state index contributed by atoms with van der Waals surface area (Å²) in [5.41, 5.74) is 1.69. The second-order valence-electron chi connectivity index (χ2n) is 8.54. The molecule has 1 aliphatic heterocycles. The molecule has 3 rings (SSSR count). The number of benzene rings is 1. The molecular weight excluding hydrogens is 436 g/mol. The molecule has 0 bridgehead atoms. The minimum Gasteiger partial charge on any atom is -0.489 e. The molecule has 0 N–H and O–H groups in total. The van der Waals surface area contributed by atoms with Crippen LogP contribution in [0, 0.1) is 5.82 Å². The van der Waals surface area contributed by atoms with Crippen molar-refractivity contribution in [2.75, 3.05) is 18.0 Å². The third-order valence-electron chi connectivity index (χ3n) is 6.01. The van der Waals surface area contributed by atoms with Gasteiger partial charge in [-0.25, -0.2) is 4.39 Å². The van der Waals surface area contributed by atoms with Crippen molar-refractivity contribution < 1.29 is 27.1 Å². The molecule has 0 spiro atoms. The van der Waals surface area contributed by atoms with Gasteiger partial charge >= 0.3 is 6.18 Å². The molecule has 4 nitrogen and oxygen atoms in total. The molecular formula is C25H30F4N2O2. The number of anilines is 1. The van der Waals surface area contributed by atoms with E-state index < -0.39 is 30.7 Å². The smallest absolute Gasteiger partial charge is 0.389 e. The first-order valence-electron chi connectivity index (χ1n) is 11.4. The number of ketones is 1. The summed E-state index contributed by atoms with van der Waals surface area (Å²) in [6, 6.07) is 8.56. The molecule has 1 aromatic heterocycles. The Morgan fingerprint density at radius 2 is 1.97 bits per heavy atom. The molecule has 0 aliphatic carbocycles. The van der Waals surface area contributed by atoms with Gasteiger partial charge in [-0.15, -0.1) is 0 Å². The largest absolute Gasteiger partial charge is 0.489 e. The number of alkyl halides is 3. The second kappa shape index (κ2) is 11.0. The van der Waals surface area contributed by atoms with E-state index in [0.717, 1.165) is 19.3 Å². The van der Waals surface area contributed by atoms with Crippen molar-refractivity contribution in [1.29, 1.82) is 0 Å². The summed E-state index contributed by atoms with van der Waals surface area (Å²) in [5.74, 6) is -0.704. The van der Waals surface area contributed by atoms with Crippen LogP contribution >= 0.6 is 0 Å². The van der Waals surface area contributed by atoms with Crippen molar-refractivity contribution in [2.24, 2.45) is 0 Å². The van der Waals surface area contributed by atoms with Gasteiger partial charge in [-0.05, 0) is 36.6 Å². The maximum absolute atomic E-state index is 14.9. The van der Waals surface area contributed by atoms with E-state index in [0.29, 0.717) is 42.2 Å². The Morgan fingerprint density at radius 3 is 2.64 bits per heavy atom. The van der Waals surface area contributed by atoms with Crippen LogP contribution in [-0.4, -0.2) is 36.1 Å². The fourth-order valence-corrected chi connectivity index (χ4v) is 3.98. The molecule has 1 aromatic carbocycles. The predicted octanol–water partition coefficient (Wildman–Crippen LogP) is 6.24. The van der Waals surface area contributed by atoms with Crippen molar-refractivity contribution in [1.82, 2.24) is 4.98 Å². The first-order valence-corrected chi connectivity index (χ1v) is 11.4. The number of nitrogens with zero attached hydrogens (tertiary/aromatic N) is 2. The minimum absolute atomic E-state index is 0.117. The third kappa shape index (κ3) is 6.92. The number of unbranched alkanes of at least 4 members (excludes halogenated alkanes) is 1. The lowest BCUT2D eigenvalue weighted by Crippen LogP contribution is -2.25. The molecule has 0 amide bonds. The van der Waals surface area contributed by atoms with Crippen molar-refractivity contribution >= 4 is 11.5 Å². The lowest BCUT2D eigenvalue weighted by molar-refractivity contribution is -0.143. The Kier molecular flexibility index (Phi) is 8.32. The highest BCUT2D eigenvalue weighted by molar-refractivity contribution is 5.85. The zero-order chi connectivity index (χ0) is 24.0. The highest BCUT2D eigenvalue weighted by Crippen LogP contribution is 2.29. The van der Waals surface area contributed by atoms with Crippen LogP contribution in [0.5, 0.6) is 5.75 Å². The normalized spacial score (nSPS) is 17.3. The van der Waals surface area contributed by atoms with Crippen LogP contribution in [-0.2, 0) is 11.2 Å². The number of carbonyl (C=O) groups excluding carboxylic acids is 1. The summed E-state index contributed by atoms with van der Waals surface area (Å²) < 4.78 is 58.0. The van der Waals surface area contributed by atoms with Crippen LogP contribution in [0.3, 0.4) is 0 Å². The van der Waals surface area contributed by atoms with E-state index in [1.165, 1.54) is 0 Å². The minimum atomic E-state index is -4.33. The molecule has 1 saturated heterocycles. The van der Waals surface area contributed by atoms with E-state index in [1.54, 1.807) is 43.5 Å². The van der Waals surface area contributed by atoms with Crippen molar-refractivity contribution in [3.8, 4) is 5.75 Å². The summed E-state index contributed by atoms with van der Waals surface area (Å²) >= 11 is 0. The predicted molar refractivity (Wildman–Crippen MR) is 119 cm³/mol. The van der Waals surface area contributed by atoms with Gasteiger partial charge in [-0.1, -0.05) is 32.4 Å². The molecule has 2 aromatic rings. The number of aromatic nitrogens is 1. The molecule has 0 radical (unpaired) electrons. The number of halogens is 4. The molecule has 180 valence electrons. The molecule has 33 heavy (non-hydrogen) atoms. The van der Waals surface area contributed by atoms with E-state index in [2.05, 4.69) is 11.9 Å². The van der Waals surface area contributed by atoms with E-state index in [1.807, 2.05) is 4.90 Å². The monoisotopic (exact) mass is 466 g/mol. The Morgan fingerprint density at radius 1 is 1.24 bits per heavy atom. The number of rotatable bonds is 10. The van der Waals surface area contributed by atoms with Crippen LogP contribution in [0.2, 0.25) is 0 Å². The van der Waals surface area contributed by atoms with Crippen LogP contribution in [0.1, 0.15) is 63.1 Å². The Labute approximate surface area is 192 Å². The topological polar surface area (TPSA) is 42.4 Å². The lowest BCUT2D eigenvalue weighted by atomic mass is 9.94. The van der Waals surface area contributed by atoms with E-state index in [9.17, 15) is 22.4 Å². The van der Waals surface area contributed by atoms with Crippen molar-refractivity contribution in [3.05, 3.63) is 53.6 Å². The number of aryl methyl sites for hydroxylation is 1.